The molecule has 0 aromatic carbocycles. The average molecular weight is 299 g/mol. The topological polar surface area (TPSA) is 113 Å². The lowest BCUT2D eigenvalue weighted by Gasteiger charge is -1.97. The molecule has 0 bridgehead atoms. The maximum atomic E-state index is 10.6. The van der Waals surface area contributed by atoms with Gasteiger partial charge in [0.15, 0.2) is 0 Å². The Bertz CT molecular complexity index is 552. The number of aromatic nitrogens is 4. The van der Waals surface area contributed by atoms with Crippen LogP contribution < -0.4 is 5.73 Å². The van der Waals surface area contributed by atoms with Crippen molar-refractivity contribution < 1.29 is 4.92 Å². The van der Waals surface area contributed by atoms with Crippen LogP contribution in [-0.2, 0) is 6.54 Å². The van der Waals surface area contributed by atoms with Gasteiger partial charge in [-0.1, -0.05) is 0 Å². The van der Waals surface area contributed by atoms with Crippen LogP contribution in [0.2, 0.25) is 0 Å². The fourth-order valence-electron chi connectivity index (χ4n) is 1.20. The molecule has 88 valence electrons. The van der Waals surface area contributed by atoms with Gasteiger partial charge in [0.2, 0.25) is 0 Å². The standard InChI is InChI=1S/C8H7BrN6O2/c9-6-4-14(13-8(6)15(16)17)3-5-1-12-7(10)2-11-5/h1-2,4H,3H2,(H2,10,12). The van der Waals surface area contributed by atoms with Crippen molar-refractivity contribution in [1.82, 2.24) is 19.7 Å². The SMILES string of the molecule is Nc1cnc(Cn2cc(Br)c([N+](=O)[O-])n2)cn1. The van der Waals surface area contributed by atoms with Crippen molar-refractivity contribution in [3.05, 3.63) is 38.9 Å². The van der Waals surface area contributed by atoms with Crippen molar-refractivity contribution in [2.75, 3.05) is 5.73 Å². The van der Waals surface area contributed by atoms with Crippen LogP contribution in [0, 0.1) is 10.1 Å². The summed E-state index contributed by atoms with van der Waals surface area (Å²) in [5, 5.41) is 14.4. The van der Waals surface area contributed by atoms with Gasteiger partial charge in [-0.3, -0.25) is 4.98 Å². The number of nitro groups is 1. The summed E-state index contributed by atoms with van der Waals surface area (Å²) >= 11 is 3.06. The minimum atomic E-state index is -0.560. The normalized spacial score (nSPS) is 10.4. The molecule has 0 aliphatic carbocycles. The lowest BCUT2D eigenvalue weighted by Crippen LogP contribution is -2.04. The average Bonchev–Trinajstić information content (AvgIpc) is 2.63. The van der Waals surface area contributed by atoms with Gasteiger partial charge < -0.3 is 15.8 Å². The highest BCUT2D eigenvalue weighted by Gasteiger charge is 2.18. The molecule has 0 atom stereocenters. The van der Waals surface area contributed by atoms with Crippen LogP contribution in [0.15, 0.2) is 23.1 Å². The van der Waals surface area contributed by atoms with E-state index in [0.717, 1.165) is 0 Å². The molecule has 0 saturated carbocycles. The molecule has 0 unspecified atom stereocenters. The number of rotatable bonds is 3. The number of halogens is 1. The zero-order chi connectivity index (χ0) is 12.4. The molecule has 0 aliphatic rings. The lowest BCUT2D eigenvalue weighted by atomic mass is 10.4. The summed E-state index contributed by atoms with van der Waals surface area (Å²) in [5.41, 5.74) is 6.01. The van der Waals surface area contributed by atoms with Gasteiger partial charge in [-0.2, -0.15) is 4.68 Å². The molecule has 2 N–H and O–H groups in total. The van der Waals surface area contributed by atoms with Gasteiger partial charge in [0.25, 0.3) is 0 Å². The minimum Gasteiger partial charge on any atom is -0.382 e. The highest BCUT2D eigenvalue weighted by atomic mass is 79.9. The van der Waals surface area contributed by atoms with Crippen LogP contribution in [0.4, 0.5) is 11.6 Å². The third-order valence-electron chi connectivity index (χ3n) is 1.92. The van der Waals surface area contributed by atoms with E-state index in [1.54, 1.807) is 0 Å². The third kappa shape index (κ3) is 2.56. The number of anilines is 1. The molecule has 0 fully saturated rings. The van der Waals surface area contributed by atoms with E-state index in [1.807, 2.05) is 0 Å². The molecule has 0 radical (unpaired) electrons. The minimum absolute atomic E-state index is 0.228. The Hall–Kier alpha value is -2.03. The molecular formula is C8H7BrN6O2. The Morgan fingerprint density at radius 3 is 2.76 bits per heavy atom. The molecule has 0 amide bonds. The van der Waals surface area contributed by atoms with Gasteiger partial charge in [0.05, 0.1) is 29.4 Å². The van der Waals surface area contributed by atoms with E-state index >= 15 is 0 Å². The van der Waals surface area contributed by atoms with Gasteiger partial charge in [0.1, 0.15) is 16.8 Å². The van der Waals surface area contributed by atoms with Crippen molar-refractivity contribution in [3.63, 3.8) is 0 Å². The Kier molecular flexibility index (Phi) is 3.00. The molecule has 2 aromatic heterocycles. The summed E-state index contributed by atoms with van der Waals surface area (Å²) in [6, 6.07) is 0. The van der Waals surface area contributed by atoms with E-state index in [-0.39, 0.29) is 5.82 Å². The van der Waals surface area contributed by atoms with Gasteiger partial charge in [0, 0.05) is 0 Å². The van der Waals surface area contributed by atoms with Gasteiger partial charge in [-0.05, 0) is 20.9 Å². The van der Waals surface area contributed by atoms with Crippen molar-refractivity contribution in [3.8, 4) is 0 Å². The van der Waals surface area contributed by atoms with Crippen LogP contribution in [0.5, 0.6) is 0 Å². The van der Waals surface area contributed by atoms with Crippen molar-refractivity contribution >= 4 is 27.6 Å². The smallest absolute Gasteiger partial charge is 0.382 e. The summed E-state index contributed by atoms with van der Waals surface area (Å²) < 4.78 is 1.73. The van der Waals surface area contributed by atoms with Gasteiger partial charge >= 0.3 is 5.82 Å². The van der Waals surface area contributed by atoms with Gasteiger partial charge in [-0.15, -0.1) is 0 Å². The quantitative estimate of drug-likeness (QED) is 0.667. The maximum Gasteiger partial charge on any atom is 0.404 e. The fourth-order valence-corrected chi connectivity index (χ4v) is 1.66. The molecule has 8 nitrogen and oxygen atoms in total. The lowest BCUT2D eigenvalue weighted by molar-refractivity contribution is -0.390. The van der Waals surface area contributed by atoms with Crippen LogP contribution in [-0.4, -0.2) is 24.7 Å². The molecule has 2 aromatic rings. The zero-order valence-electron chi connectivity index (χ0n) is 8.45. The Balaban J connectivity index is 2.22. The van der Waals surface area contributed by atoms with Crippen molar-refractivity contribution in [1.29, 1.82) is 0 Å². The summed E-state index contributed by atoms with van der Waals surface area (Å²) in [7, 11) is 0. The van der Waals surface area contributed by atoms with Gasteiger partial charge in [-0.25, -0.2) is 4.98 Å². The Labute approximate surface area is 104 Å². The number of nitrogen functional groups attached to an aromatic ring is 1. The first-order chi connectivity index (χ1) is 8.06. The Morgan fingerprint density at radius 1 is 1.47 bits per heavy atom. The van der Waals surface area contributed by atoms with Crippen molar-refractivity contribution in [2.24, 2.45) is 0 Å². The summed E-state index contributed by atoms with van der Waals surface area (Å²) in [6.07, 6.45) is 4.43. The number of nitrogens with zero attached hydrogens (tertiary/aromatic N) is 5. The molecule has 0 aliphatic heterocycles. The van der Waals surface area contributed by atoms with Crippen LogP contribution in [0.1, 0.15) is 5.69 Å². The summed E-state index contributed by atoms with van der Waals surface area (Å²) in [6.45, 7) is 0.291. The monoisotopic (exact) mass is 298 g/mol. The first-order valence-corrected chi connectivity index (χ1v) is 5.29. The van der Waals surface area contributed by atoms with Crippen LogP contribution in [0.3, 0.4) is 0 Å². The van der Waals surface area contributed by atoms with E-state index in [0.29, 0.717) is 22.5 Å². The Morgan fingerprint density at radius 2 is 2.24 bits per heavy atom. The summed E-state index contributed by atoms with van der Waals surface area (Å²) in [4.78, 5) is 17.9. The van der Waals surface area contributed by atoms with E-state index in [4.69, 9.17) is 5.73 Å². The molecule has 2 rings (SSSR count). The second-order valence-electron chi connectivity index (χ2n) is 3.19. The van der Waals surface area contributed by atoms with E-state index in [1.165, 1.54) is 23.3 Å². The van der Waals surface area contributed by atoms with E-state index in [2.05, 4.69) is 31.0 Å². The summed E-state index contributed by atoms with van der Waals surface area (Å²) in [5.74, 6) is 0.0924. The predicted octanol–water partition coefficient (Wildman–Crippen LogP) is 0.974. The van der Waals surface area contributed by atoms with E-state index in [9.17, 15) is 10.1 Å². The maximum absolute atomic E-state index is 10.6. The number of hydrogen-bond acceptors (Lipinski definition) is 6. The molecule has 0 spiro atoms. The second kappa shape index (κ2) is 4.45. The number of hydrogen-bond donors (Lipinski definition) is 1. The molecule has 2 heterocycles. The van der Waals surface area contributed by atoms with Crippen LogP contribution >= 0.6 is 15.9 Å². The third-order valence-corrected chi connectivity index (χ3v) is 2.48. The highest BCUT2D eigenvalue weighted by molar-refractivity contribution is 9.10. The van der Waals surface area contributed by atoms with Crippen LogP contribution in [0.25, 0.3) is 0 Å². The highest BCUT2D eigenvalue weighted by Crippen LogP contribution is 2.22. The van der Waals surface area contributed by atoms with E-state index < -0.39 is 4.92 Å². The molecule has 17 heavy (non-hydrogen) atoms. The fraction of sp³-hybridized carbons (Fsp3) is 0.125. The zero-order valence-corrected chi connectivity index (χ0v) is 10.0. The van der Waals surface area contributed by atoms with Crippen molar-refractivity contribution in [2.45, 2.75) is 6.54 Å². The molecular weight excluding hydrogens is 292 g/mol. The number of nitrogens with two attached hydrogens (primary N) is 1. The first kappa shape index (κ1) is 11.5. The largest absolute Gasteiger partial charge is 0.404 e. The molecule has 9 heteroatoms. The predicted molar refractivity (Wildman–Crippen MR) is 62.1 cm³/mol. The first-order valence-electron chi connectivity index (χ1n) is 4.50. The molecule has 0 saturated heterocycles. The second-order valence-corrected chi connectivity index (χ2v) is 4.04.